The van der Waals surface area contributed by atoms with Gasteiger partial charge in [-0.2, -0.15) is 0 Å². The summed E-state index contributed by atoms with van der Waals surface area (Å²) in [5.41, 5.74) is 2.86. The lowest BCUT2D eigenvalue weighted by atomic mass is 10.1. The lowest BCUT2D eigenvalue weighted by molar-refractivity contribution is 0.175. The van der Waals surface area contributed by atoms with Gasteiger partial charge in [0.25, 0.3) is 0 Å². The fourth-order valence-electron chi connectivity index (χ4n) is 3.83. The van der Waals surface area contributed by atoms with Crippen molar-refractivity contribution < 1.29 is 9.13 Å². The molecule has 0 saturated heterocycles. The summed E-state index contributed by atoms with van der Waals surface area (Å²) in [4.78, 5) is 13.9. The number of hydrogen-bond acceptors (Lipinski definition) is 5. The fourth-order valence-corrected chi connectivity index (χ4v) is 5.52. The Balaban J connectivity index is 1.58. The molecule has 0 aliphatic carbocycles. The van der Waals surface area contributed by atoms with E-state index in [-0.39, 0.29) is 5.82 Å². The molecule has 0 N–H and O–H groups in total. The Morgan fingerprint density at radius 1 is 1.00 bits per heavy atom. The summed E-state index contributed by atoms with van der Waals surface area (Å²) in [5.74, 6) is 0.149. The smallest absolute Gasteiger partial charge is 0.213 e. The van der Waals surface area contributed by atoms with E-state index in [2.05, 4.69) is 46.8 Å². The van der Waals surface area contributed by atoms with Crippen molar-refractivity contribution >= 4 is 54.1 Å². The van der Waals surface area contributed by atoms with Crippen molar-refractivity contribution in [1.82, 2.24) is 19.5 Å². The molecule has 0 saturated carbocycles. The summed E-state index contributed by atoms with van der Waals surface area (Å²) in [7, 11) is 0. The van der Waals surface area contributed by atoms with Crippen molar-refractivity contribution in [3.8, 4) is 27.7 Å². The molecule has 0 bridgehead atoms. The van der Waals surface area contributed by atoms with Crippen LogP contribution in [0.1, 0.15) is 11.1 Å². The number of aromatic nitrogens is 4. The maximum absolute atomic E-state index is 15.0. The average molecular weight is 558 g/mol. The topological polar surface area (TPSA) is 52.8 Å². The van der Waals surface area contributed by atoms with Crippen LogP contribution in [0.15, 0.2) is 70.1 Å². The predicted molar refractivity (Wildman–Crippen MR) is 125 cm³/mol. The molecule has 0 fully saturated rings. The van der Waals surface area contributed by atoms with Gasteiger partial charge in [0.05, 0.1) is 27.8 Å². The first-order chi connectivity index (χ1) is 15.1. The van der Waals surface area contributed by atoms with Gasteiger partial charge >= 0.3 is 0 Å². The third-order valence-electron chi connectivity index (χ3n) is 5.10. The van der Waals surface area contributed by atoms with Crippen LogP contribution < -0.4 is 4.74 Å². The van der Waals surface area contributed by atoms with Crippen LogP contribution in [0, 0.1) is 5.82 Å². The van der Waals surface area contributed by atoms with E-state index in [1.807, 2.05) is 28.8 Å². The van der Waals surface area contributed by atoms with Crippen LogP contribution in [0.25, 0.3) is 32.9 Å². The zero-order valence-electron chi connectivity index (χ0n) is 15.6. The number of thiazole rings is 1. The van der Waals surface area contributed by atoms with Gasteiger partial charge in [-0.15, -0.1) is 11.3 Å². The van der Waals surface area contributed by atoms with Gasteiger partial charge in [-0.3, -0.25) is 14.5 Å². The molecule has 0 amide bonds. The van der Waals surface area contributed by atoms with E-state index in [0.717, 1.165) is 31.0 Å². The largest absolute Gasteiger partial charge is 0.464 e. The molecule has 31 heavy (non-hydrogen) atoms. The van der Waals surface area contributed by atoms with Crippen molar-refractivity contribution in [2.45, 2.75) is 6.23 Å². The molecule has 1 unspecified atom stereocenters. The zero-order chi connectivity index (χ0) is 21.1. The Hall–Kier alpha value is -2.62. The highest BCUT2D eigenvalue weighted by atomic mass is 79.9. The Morgan fingerprint density at radius 3 is 2.74 bits per heavy atom. The lowest BCUT2D eigenvalue weighted by Gasteiger charge is -2.29. The van der Waals surface area contributed by atoms with Gasteiger partial charge in [-0.25, -0.2) is 9.37 Å². The minimum atomic E-state index is -0.488. The molecule has 1 atom stereocenters. The van der Waals surface area contributed by atoms with E-state index in [4.69, 9.17) is 4.74 Å². The van der Waals surface area contributed by atoms with Gasteiger partial charge in [0, 0.05) is 32.9 Å². The van der Waals surface area contributed by atoms with Crippen molar-refractivity contribution in [3.63, 3.8) is 0 Å². The van der Waals surface area contributed by atoms with Gasteiger partial charge in [0.1, 0.15) is 22.3 Å². The fraction of sp³-hybridized carbons (Fsp3) is 0.0455. The summed E-state index contributed by atoms with van der Waals surface area (Å²) in [6, 6.07) is 11.2. The van der Waals surface area contributed by atoms with Crippen LogP contribution >= 0.6 is 43.2 Å². The Morgan fingerprint density at radius 2 is 1.90 bits per heavy atom. The highest BCUT2D eigenvalue weighted by molar-refractivity contribution is 9.10. The highest BCUT2D eigenvalue weighted by Gasteiger charge is 2.32. The molecule has 1 aliphatic rings. The van der Waals surface area contributed by atoms with Gasteiger partial charge in [-0.05, 0) is 36.4 Å². The van der Waals surface area contributed by atoms with E-state index >= 15 is 4.39 Å². The minimum absolute atomic E-state index is 0.337. The molecule has 1 aliphatic heterocycles. The third kappa shape index (κ3) is 3.10. The Labute approximate surface area is 196 Å². The second-order valence-electron chi connectivity index (χ2n) is 6.99. The molecular formula is C22H11Br2FN4OS. The molecule has 5 aromatic rings. The first-order valence-corrected chi connectivity index (χ1v) is 11.7. The van der Waals surface area contributed by atoms with Crippen LogP contribution in [0.3, 0.4) is 0 Å². The monoisotopic (exact) mass is 556 g/mol. The van der Waals surface area contributed by atoms with Crippen LogP contribution in [-0.4, -0.2) is 19.5 Å². The van der Waals surface area contributed by atoms with E-state index in [9.17, 15) is 0 Å². The van der Waals surface area contributed by atoms with Gasteiger partial charge in [0.15, 0.2) is 0 Å². The number of ether oxygens (including phenoxy) is 1. The second kappa shape index (κ2) is 7.22. The Bertz CT molecular complexity index is 1470. The number of nitrogens with zero attached hydrogens (tertiary/aromatic N) is 4. The van der Waals surface area contributed by atoms with Gasteiger partial charge < -0.3 is 4.74 Å². The van der Waals surface area contributed by atoms with Gasteiger partial charge in [0.2, 0.25) is 6.23 Å². The Kier molecular flexibility index (Phi) is 4.45. The van der Waals surface area contributed by atoms with Crippen LogP contribution in [0.5, 0.6) is 5.75 Å². The van der Waals surface area contributed by atoms with Crippen molar-refractivity contribution in [3.05, 3.63) is 80.8 Å². The molecule has 4 heterocycles. The van der Waals surface area contributed by atoms with Crippen LogP contribution in [0.2, 0.25) is 0 Å². The van der Waals surface area contributed by atoms with E-state index in [1.165, 1.54) is 17.4 Å². The highest BCUT2D eigenvalue weighted by Crippen LogP contribution is 2.47. The number of benzene rings is 2. The van der Waals surface area contributed by atoms with E-state index < -0.39 is 6.23 Å². The lowest BCUT2D eigenvalue weighted by Crippen LogP contribution is -2.22. The van der Waals surface area contributed by atoms with Gasteiger partial charge in [-0.1, -0.05) is 31.9 Å². The van der Waals surface area contributed by atoms with Crippen molar-refractivity contribution in [1.29, 1.82) is 0 Å². The molecule has 0 spiro atoms. The summed E-state index contributed by atoms with van der Waals surface area (Å²) in [6.07, 6.45) is 6.24. The minimum Gasteiger partial charge on any atom is -0.464 e. The number of fused-ring (bicyclic) bond motifs is 5. The number of hydrogen-bond donors (Lipinski definition) is 0. The molecule has 2 aromatic carbocycles. The number of halogens is 3. The summed E-state index contributed by atoms with van der Waals surface area (Å²) < 4.78 is 25.0. The van der Waals surface area contributed by atoms with Crippen LogP contribution in [0.4, 0.5) is 4.39 Å². The average Bonchev–Trinajstić information content (AvgIpc) is 3.38. The standard InChI is InChI=1S/C22H11Br2FN4OS/c23-12-1-2-16-11(5-12)6-17-20-14(25)7-13(24)8-18(20)30-22(29(16)17)19-10-28-21(31-19)15-9-26-3-4-27-15/h1-10,22H. The normalized spacial score (nSPS) is 14.9. The molecule has 152 valence electrons. The first kappa shape index (κ1) is 19.1. The maximum atomic E-state index is 15.0. The molecule has 3 aromatic heterocycles. The van der Waals surface area contributed by atoms with E-state index in [1.54, 1.807) is 30.9 Å². The van der Waals surface area contributed by atoms with E-state index in [0.29, 0.717) is 21.5 Å². The number of rotatable bonds is 2. The molecule has 9 heteroatoms. The first-order valence-electron chi connectivity index (χ1n) is 9.27. The zero-order valence-corrected chi connectivity index (χ0v) is 19.6. The predicted octanol–water partition coefficient (Wildman–Crippen LogP) is 6.83. The quantitative estimate of drug-likeness (QED) is 0.239. The van der Waals surface area contributed by atoms with Crippen molar-refractivity contribution in [2.75, 3.05) is 0 Å². The molecule has 0 radical (unpaired) electrons. The molecule has 5 nitrogen and oxygen atoms in total. The SMILES string of the molecule is Fc1cc(Br)cc2c1-c1cc3cc(Br)ccc3n1C(c1cnc(-c3cnccn3)s1)O2. The second-order valence-corrected chi connectivity index (χ2v) is 9.89. The molecular weight excluding hydrogens is 547 g/mol. The van der Waals surface area contributed by atoms with Crippen LogP contribution in [-0.2, 0) is 0 Å². The summed E-state index contributed by atoms with van der Waals surface area (Å²) in [6.45, 7) is 0. The van der Waals surface area contributed by atoms with Crippen molar-refractivity contribution in [2.24, 2.45) is 0 Å². The summed E-state index contributed by atoms with van der Waals surface area (Å²) in [5, 5.41) is 1.74. The summed E-state index contributed by atoms with van der Waals surface area (Å²) >= 11 is 8.39. The molecule has 6 rings (SSSR count). The third-order valence-corrected chi connectivity index (χ3v) is 7.10. The maximum Gasteiger partial charge on any atom is 0.213 e.